The maximum Gasteiger partial charge on any atom is 0.316 e. The van der Waals surface area contributed by atoms with Gasteiger partial charge in [-0.15, -0.1) is 0 Å². The van der Waals surface area contributed by atoms with Crippen LogP contribution in [0.3, 0.4) is 0 Å². The van der Waals surface area contributed by atoms with Crippen molar-refractivity contribution < 1.29 is 14.7 Å². The number of nitrogens with zero attached hydrogens (tertiary/aromatic N) is 1. The Hall–Kier alpha value is -1.06. The van der Waals surface area contributed by atoms with Crippen molar-refractivity contribution >= 4 is 11.9 Å². The van der Waals surface area contributed by atoms with Gasteiger partial charge in [-0.05, 0) is 18.3 Å². The summed E-state index contributed by atoms with van der Waals surface area (Å²) in [7, 11) is 0. The van der Waals surface area contributed by atoms with Crippen LogP contribution in [-0.4, -0.2) is 35.0 Å². The van der Waals surface area contributed by atoms with Crippen molar-refractivity contribution in [3.05, 3.63) is 0 Å². The maximum absolute atomic E-state index is 12.2. The van der Waals surface area contributed by atoms with Gasteiger partial charge in [0, 0.05) is 13.1 Å². The molecule has 0 aliphatic heterocycles. The zero-order chi connectivity index (χ0) is 13.8. The number of carbonyl (C=O) groups excluding carboxylic acids is 1. The summed E-state index contributed by atoms with van der Waals surface area (Å²) in [6.45, 7) is 12.4. The number of aliphatic carboxylic acids is 1. The van der Waals surface area contributed by atoms with Crippen LogP contribution in [0.4, 0.5) is 0 Å². The van der Waals surface area contributed by atoms with Gasteiger partial charge in [-0.1, -0.05) is 34.6 Å². The monoisotopic (exact) mass is 243 g/mol. The van der Waals surface area contributed by atoms with Crippen molar-refractivity contribution in [2.24, 2.45) is 17.3 Å². The van der Waals surface area contributed by atoms with Crippen LogP contribution >= 0.6 is 0 Å². The van der Waals surface area contributed by atoms with E-state index in [2.05, 4.69) is 0 Å². The molecule has 0 spiro atoms. The van der Waals surface area contributed by atoms with Crippen LogP contribution in [0.2, 0.25) is 0 Å². The predicted molar refractivity (Wildman–Crippen MR) is 67.7 cm³/mol. The highest BCUT2D eigenvalue weighted by Crippen LogP contribution is 2.28. The lowest BCUT2D eigenvalue weighted by Gasteiger charge is -2.32. The van der Waals surface area contributed by atoms with Crippen molar-refractivity contribution in [2.75, 3.05) is 13.1 Å². The maximum atomic E-state index is 12.2. The van der Waals surface area contributed by atoms with Gasteiger partial charge in [-0.2, -0.15) is 0 Å². The molecule has 0 rings (SSSR count). The Morgan fingerprint density at radius 3 is 1.94 bits per heavy atom. The van der Waals surface area contributed by atoms with Crippen molar-refractivity contribution in [2.45, 2.75) is 41.5 Å². The molecule has 0 aliphatic carbocycles. The first-order valence-corrected chi connectivity index (χ1v) is 6.12. The summed E-state index contributed by atoms with van der Waals surface area (Å²) in [4.78, 5) is 25.1. The number of rotatable bonds is 5. The molecule has 0 heterocycles. The van der Waals surface area contributed by atoms with Gasteiger partial charge in [-0.3, -0.25) is 9.59 Å². The number of amides is 1. The minimum absolute atomic E-state index is 0.277. The summed E-state index contributed by atoms with van der Waals surface area (Å²) >= 11 is 0. The molecule has 4 heteroatoms. The summed E-state index contributed by atoms with van der Waals surface area (Å²) < 4.78 is 0. The highest BCUT2D eigenvalue weighted by atomic mass is 16.4. The fourth-order valence-electron chi connectivity index (χ4n) is 1.84. The molecule has 0 radical (unpaired) electrons. The highest BCUT2D eigenvalue weighted by molar-refractivity contribution is 5.97. The van der Waals surface area contributed by atoms with E-state index in [1.807, 2.05) is 20.8 Å². The first-order valence-electron chi connectivity index (χ1n) is 6.12. The zero-order valence-corrected chi connectivity index (χ0v) is 11.8. The number of carboxylic acid groups (broad SMARTS) is 1. The number of carbonyl (C=O) groups is 2. The second kappa shape index (κ2) is 6.03. The Bertz CT molecular complexity index is 279. The van der Waals surface area contributed by atoms with Crippen LogP contribution in [-0.2, 0) is 9.59 Å². The van der Waals surface area contributed by atoms with E-state index in [4.69, 9.17) is 0 Å². The first-order chi connectivity index (χ1) is 7.61. The average molecular weight is 243 g/mol. The summed E-state index contributed by atoms with van der Waals surface area (Å²) in [5.74, 6) is -1.94. The quantitative estimate of drug-likeness (QED) is 0.753. The third-order valence-electron chi connectivity index (χ3n) is 2.64. The molecular formula is C13H25NO3. The molecule has 0 fully saturated rings. The minimum atomic E-state index is -1.04. The Balaban J connectivity index is 5.00. The summed E-state index contributed by atoms with van der Waals surface area (Å²) in [5, 5.41) is 9.21. The summed E-state index contributed by atoms with van der Waals surface area (Å²) in [6.07, 6.45) is 0. The molecule has 1 N–H and O–H groups in total. The molecule has 1 atom stereocenters. The van der Waals surface area contributed by atoms with Crippen molar-refractivity contribution in [3.63, 3.8) is 0 Å². The molecule has 4 nitrogen and oxygen atoms in total. The van der Waals surface area contributed by atoms with Gasteiger partial charge in [0.15, 0.2) is 0 Å². The van der Waals surface area contributed by atoms with Crippen LogP contribution < -0.4 is 0 Å². The third-order valence-corrected chi connectivity index (χ3v) is 2.64. The van der Waals surface area contributed by atoms with Crippen LogP contribution in [0.5, 0.6) is 0 Å². The molecule has 100 valence electrons. The number of hydrogen-bond donors (Lipinski definition) is 1. The van der Waals surface area contributed by atoms with E-state index in [1.165, 1.54) is 0 Å². The molecule has 0 saturated carbocycles. The van der Waals surface area contributed by atoms with Gasteiger partial charge in [0.2, 0.25) is 5.91 Å². The van der Waals surface area contributed by atoms with E-state index in [0.717, 1.165) is 0 Å². The van der Waals surface area contributed by atoms with Gasteiger partial charge in [0.25, 0.3) is 0 Å². The lowest BCUT2D eigenvalue weighted by Crippen LogP contribution is -2.46. The Labute approximate surface area is 104 Å². The largest absolute Gasteiger partial charge is 0.481 e. The zero-order valence-electron chi connectivity index (χ0n) is 11.8. The Kier molecular flexibility index (Phi) is 5.66. The third kappa shape index (κ3) is 4.75. The van der Waals surface area contributed by atoms with E-state index in [1.54, 1.807) is 25.7 Å². The lowest BCUT2D eigenvalue weighted by atomic mass is 9.79. The molecule has 1 unspecified atom stereocenters. The van der Waals surface area contributed by atoms with Crippen molar-refractivity contribution in [1.29, 1.82) is 0 Å². The fourth-order valence-corrected chi connectivity index (χ4v) is 1.84. The molecule has 0 aliphatic rings. The van der Waals surface area contributed by atoms with E-state index in [9.17, 15) is 14.7 Å². The molecule has 0 aromatic heterocycles. The topological polar surface area (TPSA) is 57.6 Å². The van der Waals surface area contributed by atoms with Crippen molar-refractivity contribution in [3.8, 4) is 0 Å². The molecule has 0 aromatic rings. The van der Waals surface area contributed by atoms with Gasteiger partial charge >= 0.3 is 5.97 Å². The van der Waals surface area contributed by atoms with Crippen LogP contribution in [0.25, 0.3) is 0 Å². The molecular weight excluding hydrogens is 218 g/mol. The molecule has 0 saturated heterocycles. The van der Waals surface area contributed by atoms with Gasteiger partial charge in [0.1, 0.15) is 5.92 Å². The standard InChI is InChI=1S/C13H25NO3/c1-7-14(8-9(2)3)11(15)10(12(16)17)13(4,5)6/h9-10H,7-8H2,1-6H3,(H,16,17). The second-order valence-corrected chi connectivity index (χ2v) is 5.91. The van der Waals surface area contributed by atoms with E-state index in [-0.39, 0.29) is 5.91 Å². The highest BCUT2D eigenvalue weighted by Gasteiger charge is 2.39. The molecule has 0 aromatic carbocycles. The molecule has 0 bridgehead atoms. The van der Waals surface area contributed by atoms with E-state index < -0.39 is 17.3 Å². The average Bonchev–Trinajstić information content (AvgIpc) is 2.10. The fraction of sp³-hybridized carbons (Fsp3) is 0.846. The Morgan fingerprint density at radius 1 is 1.24 bits per heavy atom. The molecule has 17 heavy (non-hydrogen) atoms. The molecule has 1 amide bonds. The predicted octanol–water partition coefficient (Wildman–Crippen LogP) is 2.24. The van der Waals surface area contributed by atoms with Crippen LogP contribution in [0, 0.1) is 17.3 Å². The van der Waals surface area contributed by atoms with E-state index >= 15 is 0 Å². The lowest BCUT2D eigenvalue weighted by molar-refractivity contribution is -0.156. The second-order valence-electron chi connectivity index (χ2n) is 5.91. The number of carboxylic acids is 1. The van der Waals surface area contributed by atoms with Crippen LogP contribution in [0.15, 0.2) is 0 Å². The normalized spacial score (nSPS) is 13.6. The first kappa shape index (κ1) is 15.9. The SMILES string of the molecule is CCN(CC(C)C)C(=O)C(C(=O)O)C(C)(C)C. The van der Waals surface area contributed by atoms with Gasteiger partial charge in [-0.25, -0.2) is 0 Å². The Morgan fingerprint density at radius 2 is 1.71 bits per heavy atom. The van der Waals surface area contributed by atoms with Gasteiger partial charge in [0.05, 0.1) is 0 Å². The number of hydrogen-bond acceptors (Lipinski definition) is 2. The summed E-state index contributed by atoms with van der Waals surface area (Å²) in [6, 6.07) is 0. The minimum Gasteiger partial charge on any atom is -0.481 e. The smallest absolute Gasteiger partial charge is 0.316 e. The summed E-state index contributed by atoms with van der Waals surface area (Å²) in [5.41, 5.74) is -0.562. The van der Waals surface area contributed by atoms with Crippen molar-refractivity contribution in [1.82, 2.24) is 4.90 Å². The van der Waals surface area contributed by atoms with Gasteiger partial charge < -0.3 is 10.0 Å². The van der Waals surface area contributed by atoms with E-state index in [0.29, 0.717) is 19.0 Å². The van der Waals surface area contributed by atoms with Crippen LogP contribution in [0.1, 0.15) is 41.5 Å².